The van der Waals surface area contributed by atoms with Crippen molar-refractivity contribution in [2.75, 3.05) is 6.54 Å². The van der Waals surface area contributed by atoms with Gasteiger partial charge in [-0.15, -0.1) is 0 Å². The lowest BCUT2D eigenvalue weighted by atomic mass is 9.74. The summed E-state index contributed by atoms with van der Waals surface area (Å²) in [4.78, 5) is 27.8. The Morgan fingerprint density at radius 2 is 1.96 bits per heavy atom. The van der Waals surface area contributed by atoms with Crippen LogP contribution in [0.4, 0.5) is 0 Å². The molecule has 2 heterocycles. The van der Waals surface area contributed by atoms with Crippen LogP contribution >= 0.6 is 0 Å². The van der Waals surface area contributed by atoms with Gasteiger partial charge in [-0.25, -0.2) is 0 Å². The number of aryl methyl sites for hydroxylation is 1. The van der Waals surface area contributed by atoms with E-state index in [9.17, 15) is 9.59 Å². The molecule has 1 aliphatic carbocycles. The number of furan rings is 1. The molecule has 1 aromatic carbocycles. The molecular formula is C23H28N2O3. The van der Waals surface area contributed by atoms with Crippen LogP contribution in [0.15, 0.2) is 40.8 Å². The summed E-state index contributed by atoms with van der Waals surface area (Å²) in [5.74, 6) is 1.72. The standard InChI is InChI=1S/C23H28N2O3/c1-15-12-17-18(13-23(2,3)14-20(17)28-15)24-21(26)19-10-7-11-25(19)22(27)16-8-5-4-6-9-16/h4-6,8-9,12,18-19H,7,10-11,13-14H2,1-3H3,(H,24,26). The van der Waals surface area contributed by atoms with E-state index in [-0.39, 0.29) is 23.3 Å². The molecule has 0 saturated carbocycles. The maximum atomic E-state index is 13.2. The van der Waals surface area contributed by atoms with Gasteiger partial charge in [0.1, 0.15) is 17.6 Å². The SMILES string of the molecule is Cc1cc2c(o1)CC(C)(C)CC2NC(=O)C1CCCN1C(=O)c1ccccc1. The molecule has 28 heavy (non-hydrogen) atoms. The zero-order valence-electron chi connectivity index (χ0n) is 16.8. The second-order valence-corrected chi connectivity index (χ2v) is 8.86. The molecule has 0 spiro atoms. The fourth-order valence-corrected chi connectivity index (χ4v) is 4.61. The van der Waals surface area contributed by atoms with E-state index < -0.39 is 6.04 Å². The average molecular weight is 380 g/mol. The maximum Gasteiger partial charge on any atom is 0.254 e. The Hall–Kier alpha value is -2.56. The molecule has 1 N–H and O–H groups in total. The normalized spacial score (nSPS) is 23.3. The highest BCUT2D eigenvalue weighted by atomic mass is 16.3. The first-order valence-electron chi connectivity index (χ1n) is 10.1. The smallest absolute Gasteiger partial charge is 0.254 e. The summed E-state index contributed by atoms with van der Waals surface area (Å²) in [5.41, 5.74) is 1.78. The molecule has 2 aromatic rings. The van der Waals surface area contributed by atoms with E-state index in [1.54, 1.807) is 17.0 Å². The summed E-state index contributed by atoms with van der Waals surface area (Å²) < 4.78 is 5.88. The molecule has 0 bridgehead atoms. The number of benzene rings is 1. The fourth-order valence-electron chi connectivity index (χ4n) is 4.61. The van der Waals surface area contributed by atoms with Gasteiger partial charge >= 0.3 is 0 Å². The largest absolute Gasteiger partial charge is 0.466 e. The number of carbonyl (C=O) groups excluding carboxylic acids is 2. The van der Waals surface area contributed by atoms with Crippen LogP contribution in [0.2, 0.25) is 0 Å². The molecule has 1 fully saturated rings. The van der Waals surface area contributed by atoms with Crippen LogP contribution in [0, 0.1) is 12.3 Å². The number of nitrogens with one attached hydrogen (secondary N) is 1. The van der Waals surface area contributed by atoms with Crippen LogP contribution in [0.1, 0.15) is 66.6 Å². The molecule has 4 rings (SSSR count). The Balaban J connectivity index is 1.52. The lowest BCUT2D eigenvalue weighted by molar-refractivity contribution is -0.125. The minimum atomic E-state index is -0.408. The van der Waals surface area contributed by atoms with Gasteiger partial charge in [0.15, 0.2) is 0 Å². The lowest BCUT2D eigenvalue weighted by Crippen LogP contribution is -2.48. The van der Waals surface area contributed by atoms with Gasteiger partial charge in [0, 0.05) is 24.1 Å². The van der Waals surface area contributed by atoms with E-state index in [0.29, 0.717) is 18.5 Å². The van der Waals surface area contributed by atoms with Crippen molar-refractivity contribution in [3.8, 4) is 0 Å². The van der Waals surface area contributed by atoms with Gasteiger partial charge in [-0.2, -0.15) is 0 Å². The zero-order chi connectivity index (χ0) is 19.9. The van der Waals surface area contributed by atoms with E-state index in [1.807, 2.05) is 31.2 Å². The fraction of sp³-hybridized carbons (Fsp3) is 0.478. The van der Waals surface area contributed by atoms with Crippen molar-refractivity contribution in [2.24, 2.45) is 5.41 Å². The van der Waals surface area contributed by atoms with Crippen LogP contribution in [0.25, 0.3) is 0 Å². The van der Waals surface area contributed by atoms with Crippen molar-refractivity contribution in [3.05, 3.63) is 59.0 Å². The van der Waals surface area contributed by atoms with Gasteiger partial charge in [-0.1, -0.05) is 32.0 Å². The summed E-state index contributed by atoms with van der Waals surface area (Å²) >= 11 is 0. The van der Waals surface area contributed by atoms with Crippen molar-refractivity contribution < 1.29 is 14.0 Å². The van der Waals surface area contributed by atoms with E-state index >= 15 is 0 Å². The molecule has 1 aromatic heterocycles. The molecule has 5 heteroatoms. The summed E-state index contributed by atoms with van der Waals surface area (Å²) in [6, 6.07) is 10.8. The highest BCUT2D eigenvalue weighted by Crippen LogP contribution is 2.42. The molecule has 2 unspecified atom stereocenters. The highest BCUT2D eigenvalue weighted by Gasteiger charge is 2.39. The number of carbonyl (C=O) groups is 2. The second-order valence-electron chi connectivity index (χ2n) is 8.86. The Kier molecular flexibility index (Phi) is 4.77. The first-order chi connectivity index (χ1) is 13.3. The molecule has 5 nitrogen and oxygen atoms in total. The number of fused-ring (bicyclic) bond motifs is 1. The Bertz CT molecular complexity index is 885. The van der Waals surface area contributed by atoms with Gasteiger partial charge in [0.25, 0.3) is 5.91 Å². The minimum Gasteiger partial charge on any atom is -0.466 e. The first-order valence-corrected chi connectivity index (χ1v) is 10.1. The number of rotatable bonds is 3. The number of nitrogens with zero attached hydrogens (tertiary/aromatic N) is 1. The third-order valence-corrected chi connectivity index (χ3v) is 5.89. The third kappa shape index (κ3) is 3.58. The predicted octanol–water partition coefficient (Wildman–Crippen LogP) is 4.02. The summed E-state index contributed by atoms with van der Waals surface area (Å²) in [7, 11) is 0. The van der Waals surface area contributed by atoms with Crippen molar-refractivity contribution in [1.82, 2.24) is 10.2 Å². The van der Waals surface area contributed by atoms with E-state index in [2.05, 4.69) is 19.2 Å². The monoisotopic (exact) mass is 380 g/mol. The average Bonchev–Trinajstić information content (AvgIpc) is 3.27. The molecule has 1 aliphatic heterocycles. The molecule has 2 atom stereocenters. The Morgan fingerprint density at radius 1 is 1.21 bits per heavy atom. The van der Waals surface area contributed by atoms with Crippen LogP contribution in [0.5, 0.6) is 0 Å². The zero-order valence-corrected chi connectivity index (χ0v) is 16.8. The summed E-state index contributed by atoms with van der Waals surface area (Å²) in [5, 5.41) is 3.23. The first kappa shape index (κ1) is 18.8. The van der Waals surface area contributed by atoms with E-state index in [0.717, 1.165) is 36.3 Å². The van der Waals surface area contributed by atoms with Crippen molar-refractivity contribution in [1.29, 1.82) is 0 Å². The molecule has 2 aliphatic rings. The minimum absolute atomic E-state index is 0.0600. The second kappa shape index (κ2) is 7.12. The molecule has 2 amide bonds. The predicted molar refractivity (Wildman–Crippen MR) is 107 cm³/mol. The van der Waals surface area contributed by atoms with Gasteiger partial charge in [-0.05, 0) is 49.8 Å². The third-order valence-electron chi connectivity index (χ3n) is 5.89. The molecule has 1 saturated heterocycles. The Labute approximate surface area is 166 Å². The van der Waals surface area contributed by atoms with Gasteiger partial charge in [-0.3, -0.25) is 9.59 Å². The Morgan fingerprint density at radius 3 is 2.71 bits per heavy atom. The molecule has 148 valence electrons. The van der Waals surface area contributed by atoms with Crippen molar-refractivity contribution in [3.63, 3.8) is 0 Å². The van der Waals surface area contributed by atoms with Crippen LogP contribution < -0.4 is 5.32 Å². The lowest BCUT2D eigenvalue weighted by Gasteiger charge is -2.35. The van der Waals surface area contributed by atoms with E-state index in [4.69, 9.17) is 4.42 Å². The van der Waals surface area contributed by atoms with Gasteiger partial charge < -0.3 is 14.6 Å². The number of likely N-dealkylation sites (tertiary alicyclic amines) is 1. The number of hydrogen-bond donors (Lipinski definition) is 1. The van der Waals surface area contributed by atoms with Gasteiger partial charge in [0.05, 0.1) is 6.04 Å². The topological polar surface area (TPSA) is 62.6 Å². The molecular weight excluding hydrogens is 352 g/mol. The van der Waals surface area contributed by atoms with Crippen LogP contribution in [-0.2, 0) is 11.2 Å². The summed E-state index contributed by atoms with van der Waals surface area (Å²) in [6.07, 6.45) is 3.30. The van der Waals surface area contributed by atoms with Crippen molar-refractivity contribution in [2.45, 2.75) is 58.5 Å². The number of amides is 2. The molecule has 0 radical (unpaired) electrons. The van der Waals surface area contributed by atoms with Crippen LogP contribution in [0.3, 0.4) is 0 Å². The highest BCUT2D eigenvalue weighted by molar-refractivity contribution is 5.98. The summed E-state index contributed by atoms with van der Waals surface area (Å²) in [6.45, 7) is 6.97. The quantitative estimate of drug-likeness (QED) is 0.875. The van der Waals surface area contributed by atoms with Crippen LogP contribution in [-0.4, -0.2) is 29.3 Å². The van der Waals surface area contributed by atoms with Gasteiger partial charge in [0.2, 0.25) is 5.91 Å². The van der Waals surface area contributed by atoms with E-state index in [1.165, 1.54) is 0 Å². The van der Waals surface area contributed by atoms with Crippen molar-refractivity contribution >= 4 is 11.8 Å². The maximum absolute atomic E-state index is 13.2. The number of hydrogen-bond acceptors (Lipinski definition) is 3.